The molecule has 4 rings (SSSR count). The fourth-order valence-corrected chi connectivity index (χ4v) is 3.66. The Labute approximate surface area is 146 Å². The maximum Gasteiger partial charge on any atom is 0.217 e. The van der Waals surface area contributed by atoms with Crippen LogP contribution in [-0.2, 0) is 20.8 Å². The number of fused-ring (bicyclic) bond motifs is 2. The molecule has 25 heavy (non-hydrogen) atoms. The second kappa shape index (κ2) is 7.11. The molecular weight excluding hydrogens is 320 g/mol. The van der Waals surface area contributed by atoms with Crippen LogP contribution < -0.4 is 5.32 Å². The van der Waals surface area contributed by atoms with E-state index in [-0.39, 0.29) is 24.2 Å². The number of rotatable bonds is 4. The predicted molar refractivity (Wildman–Crippen MR) is 93.3 cm³/mol. The fourth-order valence-electron chi connectivity index (χ4n) is 3.66. The molecule has 2 atom stereocenters. The molecule has 2 saturated heterocycles. The van der Waals surface area contributed by atoms with Crippen LogP contribution in [0.3, 0.4) is 0 Å². The Kier molecular flexibility index (Phi) is 4.70. The van der Waals surface area contributed by atoms with Crippen molar-refractivity contribution in [2.45, 2.75) is 31.7 Å². The number of ether oxygens (including phenoxy) is 2. The van der Waals surface area contributed by atoms with Crippen molar-refractivity contribution in [2.75, 3.05) is 32.8 Å². The van der Waals surface area contributed by atoms with E-state index < -0.39 is 0 Å². The van der Waals surface area contributed by atoms with Gasteiger partial charge in [0.25, 0.3) is 0 Å². The van der Waals surface area contributed by atoms with Gasteiger partial charge in [-0.1, -0.05) is 12.1 Å². The van der Waals surface area contributed by atoms with Crippen LogP contribution in [0.25, 0.3) is 11.0 Å². The Hall–Kier alpha value is -1.96. The van der Waals surface area contributed by atoms with Crippen molar-refractivity contribution >= 4 is 16.9 Å². The molecule has 7 nitrogen and oxygen atoms in total. The molecule has 7 heteroatoms. The van der Waals surface area contributed by atoms with Crippen molar-refractivity contribution < 1.29 is 14.3 Å². The van der Waals surface area contributed by atoms with E-state index in [0.717, 1.165) is 31.7 Å². The maximum atomic E-state index is 11.2. The van der Waals surface area contributed by atoms with E-state index in [1.54, 1.807) is 0 Å². The lowest BCUT2D eigenvalue weighted by Crippen LogP contribution is -2.40. The first-order valence-corrected chi connectivity index (χ1v) is 8.81. The molecule has 1 N–H and O–H groups in total. The zero-order valence-corrected chi connectivity index (χ0v) is 14.4. The van der Waals surface area contributed by atoms with Gasteiger partial charge >= 0.3 is 0 Å². The lowest BCUT2D eigenvalue weighted by molar-refractivity contribution is -0.120. The molecule has 2 fully saturated rings. The molecule has 1 aromatic carbocycles. The molecule has 1 aromatic heterocycles. The first kappa shape index (κ1) is 16.5. The number of carbonyl (C=O) groups is 1. The van der Waals surface area contributed by atoms with Crippen LogP contribution in [0.5, 0.6) is 0 Å². The highest BCUT2D eigenvalue weighted by molar-refractivity contribution is 5.74. The lowest BCUT2D eigenvalue weighted by Gasteiger charge is -2.19. The van der Waals surface area contributed by atoms with Crippen LogP contribution in [0, 0.1) is 0 Å². The van der Waals surface area contributed by atoms with Crippen LogP contribution >= 0.6 is 0 Å². The summed E-state index contributed by atoms with van der Waals surface area (Å²) in [5, 5.41) is 2.87. The highest BCUT2D eigenvalue weighted by atomic mass is 16.6. The zero-order valence-electron chi connectivity index (χ0n) is 14.4. The first-order valence-electron chi connectivity index (χ1n) is 8.81. The van der Waals surface area contributed by atoms with E-state index in [1.165, 1.54) is 12.4 Å². The van der Waals surface area contributed by atoms with Crippen molar-refractivity contribution in [2.24, 2.45) is 0 Å². The number of hydrogen-bond acceptors (Lipinski definition) is 5. The predicted octanol–water partition coefficient (Wildman–Crippen LogP) is 0.641. The van der Waals surface area contributed by atoms with Crippen molar-refractivity contribution in [3.05, 3.63) is 30.6 Å². The summed E-state index contributed by atoms with van der Waals surface area (Å²) in [6.07, 6.45) is 2.07. The van der Waals surface area contributed by atoms with Crippen molar-refractivity contribution in [3.8, 4) is 0 Å². The van der Waals surface area contributed by atoms with E-state index in [4.69, 9.17) is 9.47 Å². The fraction of sp³-hybridized carbons (Fsp3) is 0.556. The number of nitrogens with one attached hydrogen (secondary N) is 1. The molecule has 0 aliphatic carbocycles. The smallest absolute Gasteiger partial charge is 0.217 e. The van der Waals surface area contributed by atoms with Crippen LogP contribution in [0.15, 0.2) is 30.6 Å². The van der Waals surface area contributed by atoms with E-state index >= 15 is 0 Å². The number of imidazole rings is 1. The van der Waals surface area contributed by atoms with Gasteiger partial charge in [0.2, 0.25) is 5.91 Å². The van der Waals surface area contributed by atoms with Gasteiger partial charge in [0.15, 0.2) is 0 Å². The van der Waals surface area contributed by atoms with E-state index in [9.17, 15) is 4.79 Å². The summed E-state index contributed by atoms with van der Waals surface area (Å²) in [6, 6.07) is 8.14. The van der Waals surface area contributed by atoms with Gasteiger partial charge in [-0.25, -0.2) is 4.98 Å². The Bertz CT molecular complexity index is 731. The number of carbonyl (C=O) groups excluding carboxylic acids is 1. The first-order chi connectivity index (χ1) is 12.2. The molecule has 0 radical (unpaired) electrons. The lowest BCUT2D eigenvalue weighted by atomic mass is 10.3. The van der Waals surface area contributed by atoms with Gasteiger partial charge in [-0.05, 0) is 12.1 Å². The van der Waals surface area contributed by atoms with Crippen LogP contribution in [0.2, 0.25) is 0 Å². The van der Waals surface area contributed by atoms with Crippen LogP contribution in [0.4, 0.5) is 0 Å². The number of hydrogen-bond donors (Lipinski definition) is 1. The minimum absolute atomic E-state index is 0.0431. The second-order valence-electron chi connectivity index (χ2n) is 6.83. The number of benzene rings is 1. The summed E-state index contributed by atoms with van der Waals surface area (Å²) < 4.78 is 14.1. The zero-order chi connectivity index (χ0) is 17.2. The van der Waals surface area contributed by atoms with Crippen molar-refractivity contribution in [1.29, 1.82) is 0 Å². The Balaban J connectivity index is 1.31. The molecular formula is C18H24N4O3. The van der Waals surface area contributed by atoms with Gasteiger partial charge in [0.1, 0.15) is 0 Å². The summed E-state index contributed by atoms with van der Waals surface area (Å²) in [5.41, 5.74) is 2.20. The second-order valence-corrected chi connectivity index (χ2v) is 6.83. The largest absolute Gasteiger partial charge is 0.372 e. The average molecular weight is 344 g/mol. The summed E-state index contributed by atoms with van der Waals surface area (Å²) in [6.45, 7) is 6.12. The summed E-state index contributed by atoms with van der Waals surface area (Å²) in [4.78, 5) is 18.0. The van der Waals surface area contributed by atoms with Crippen molar-refractivity contribution in [1.82, 2.24) is 19.8 Å². The quantitative estimate of drug-likeness (QED) is 0.882. The summed E-state index contributed by atoms with van der Waals surface area (Å²) in [5.74, 6) is -0.0431. The molecule has 2 aromatic rings. The molecule has 0 spiro atoms. The Morgan fingerprint density at radius 1 is 1.20 bits per heavy atom. The van der Waals surface area contributed by atoms with Crippen molar-refractivity contribution in [3.63, 3.8) is 0 Å². The Morgan fingerprint density at radius 3 is 2.64 bits per heavy atom. The maximum absolute atomic E-state index is 11.2. The molecule has 2 aliphatic heterocycles. The molecule has 1 amide bonds. The van der Waals surface area contributed by atoms with Crippen LogP contribution in [-0.4, -0.2) is 71.5 Å². The molecule has 0 bridgehead atoms. The van der Waals surface area contributed by atoms with E-state index in [0.29, 0.717) is 13.2 Å². The summed E-state index contributed by atoms with van der Waals surface area (Å²) in [7, 11) is 0. The minimum Gasteiger partial charge on any atom is -0.372 e. The van der Waals surface area contributed by atoms with Gasteiger partial charge in [-0.15, -0.1) is 0 Å². The highest BCUT2D eigenvalue weighted by Crippen LogP contribution is 2.20. The number of likely N-dealkylation sites (tertiary alicyclic amines) is 1. The van der Waals surface area contributed by atoms with Gasteiger partial charge < -0.3 is 19.4 Å². The van der Waals surface area contributed by atoms with E-state index in [2.05, 4.69) is 25.8 Å². The third-order valence-electron chi connectivity index (χ3n) is 4.91. The monoisotopic (exact) mass is 344 g/mol. The van der Waals surface area contributed by atoms with Gasteiger partial charge in [-0.2, -0.15) is 0 Å². The minimum atomic E-state index is -0.0473. The molecule has 0 unspecified atom stereocenters. The average Bonchev–Trinajstić information content (AvgIpc) is 3.14. The number of aromatic nitrogens is 2. The number of nitrogens with zero attached hydrogens (tertiary/aromatic N) is 3. The summed E-state index contributed by atoms with van der Waals surface area (Å²) >= 11 is 0. The van der Waals surface area contributed by atoms with E-state index in [1.807, 2.05) is 24.5 Å². The topological polar surface area (TPSA) is 68.6 Å². The normalized spacial score (nSPS) is 25.0. The molecule has 134 valence electrons. The molecule has 3 heterocycles. The Morgan fingerprint density at radius 2 is 1.92 bits per heavy atom. The SMILES string of the molecule is CC(=O)NC1CO[C@H]2CN(CCn3cnc4ccccc43)C[C@@H]2OC1. The molecule has 2 aliphatic rings. The van der Waals surface area contributed by atoms with Gasteiger partial charge in [-0.3, -0.25) is 9.69 Å². The van der Waals surface area contributed by atoms with Crippen LogP contribution in [0.1, 0.15) is 6.92 Å². The highest BCUT2D eigenvalue weighted by Gasteiger charge is 2.37. The van der Waals surface area contributed by atoms with Gasteiger partial charge in [0, 0.05) is 33.1 Å². The number of para-hydroxylation sites is 2. The molecule has 0 saturated carbocycles. The third kappa shape index (κ3) is 3.68. The standard InChI is InChI=1S/C18H24N4O3/c1-13(23)20-14-10-24-17-8-21(9-18(17)25-11-14)6-7-22-12-19-15-4-2-3-5-16(15)22/h2-5,12,14,17-18H,6-11H2,1H3,(H,20,23)/t17-,18-/m0/s1. The third-order valence-corrected chi connectivity index (χ3v) is 4.91. The van der Waals surface area contributed by atoms with Gasteiger partial charge in [0.05, 0.1) is 48.8 Å². The number of amides is 1.